The van der Waals surface area contributed by atoms with Crippen LogP contribution in [0.2, 0.25) is 0 Å². The third-order valence-corrected chi connectivity index (χ3v) is 3.85. The van der Waals surface area contributed by atoms with Gasteiger partial charge in [0.2, 0.25) is 11.7 Å². The van der Waals surface area contributed by atoms with Gasteiger partial charge >= 0.3 is 0 Å². The summed E-state index contributed by atoms with van der Waals surface area (Å²) in [7, 11) is 1.44. The van der Waals surface area contributed by atoms with E-state index in [1.807, 2.05) is 24.5 Å². The Balaban J connectivity index is 1.63. The van der Waals surface area contributed by atoms with Crippen LogP contribution in [0, 0.1) is 5.82 Å². The fourth-order valence-corrected chi connectivity index (χ4v) is 2.67. The maximum absolute atomic E-state index is 13.9. The summed E-state index contributed by atoms with van der Waals surface area (Å²) in [5, 5.41) is 0. The zero-order chi connectivity index (χ0) is 17.9. The van der Waals surface area contributed by atoms with Gasteiger partial charge in [-0.25, -0.2) is 19.3 Å². The summed E-state index contributed by atoms with van der Waals surface area (Å²) in [6.07, 6.45) is 6.96. The van der Waals surface area contributed by atoms with Crippen LogP contribution in [0.1, 0.15) is 5.69 Å². The Kier molecular flexibility index (Phi) is 4.18. The minimum atomic E-state index is -0.417. The van der Waals surface area contributed by atoms with Gasteiger partial charge in [0.05, 0.1) is 12.8 Å². The fourth-order valence-electron chi connectivity index (χ4n) is 2.67. The molecule has 0 atom stereocenters. The van der Waals surface area contributed by atoms with Crippen molar-refractivity contribution in [3.63, 3.8) is 0 Å². The lowest BCUT2D eigenvalue weighted by Gasteiger charge is -2.09. The van der Waals surface area contributed by atoms with E-state index in [2.05, 4.69) is 15.0 Å². The molecule has 3 aromatic heterocycles. The van der Waals surface area contributed by atoms with E-state index < -0.39 is 5.82 Å². The summed E-state index contributed by atoms with van der Waals surface area (Å²) >= 11 is 0. The van der Waals surface area contributed by atoms with E-state index in [4.69, 9.17) is 9.47 Å². The molecule has 0 aliphatic heterocycles. The van der Waals surface area contributed by atoms with E-state index in [9.17, 15) is 4.39 Å². The highest BCUT2D eigenvalue weighted by atomic mass is 19.1. The molecule has 3 heterocycles. The van der Waals surface area contributed by atoms with Gasteiger partial charge in [-0.1, -0.05) is 18.2 Å². The number of benzene rings is 1. The molecule has 0 saturated heterocycles. The average Bonchev–Trinajstić information content (AvgIpc) is 3.09. The number of halogens is 1. The molecule has 4 aromatic rings. The molecule has 4 rings (SSSR count). The number of imidazole rings is 1. The van der Waals surface area contributed by atoms with Crippen molar-refractivity contribution in [1.82, 2.24) is 19.4 Å². The van der Waals surface area contributed by atoms with Crippen LogP contribution < -0.4 is 9.47 Å². The molecule has 0 amide bonds. The van der Waals surface area contributed by atoms with Gasteiger partial charge in [0.15, 0.2) is 11.6 Å². The summed E-state index contributed by atoms with van der Waals surface area (Å²) in [5.74, 6) is 0.832. The first-order chi connectivity index (χ1) is 12.7. The molecule has 6 nitrogen and oxygen atoms in total. The maximum Gasteiger partial charge on any atom is 0.234 e. The van der Waals surface area contributed by atoms with Crippen LogP contribution in [-0.4, -0.2) is 26.5 Å². The van der Waals surface area contributed by atoms with Gasteiger partial charge in [-0.3, -0.25) is 4.40 Å². The van der Waals surface area contributed by atoms with E-state index in [0.717, 1.165) is 5.56 Å². The number of pyridine rings is 1. The van der Waals surface area contributed by atoms with Crippen LogP contribution in [-0.2, 0) is 6.61 Å². The molecule has 26 heavy (non-hydrogen) atoms. The third-order valence-electron chi connectivity index (χ3n) is 3.85. The molecule has 130 valence electrons. The monoisotopic (exact) mass is 350 g/mol. The Morgan fingerprint density at radius 1 is 1.08 bits per heavy atom. The highest BCUT2D eigenvalue weighted by molar-refractivity contribution is 5.70. The summed E-state index contributed by atoms with van der Waals surface area (Å²) in [5.41, 5.74) is 2.07. The summed E-state index contributed by atoms with van der Waals surface area (Å²) in [6.45, 7) is 0.277. The van der Waals surface area contributed by atoms with Crippen LogP contribution in [0.3, 0.4) is 0 Å². The molecule has 0 fully saturated rings. The lowest BCUT2D eigenvalue weighted by molar-refractivity contribution is 0.290. The Morgan fingerprint density at radius 3 is 2.81 bits per heavy atom. The molecule has 0 aliphatic rings. The molecule has 0 aliphatic carbocycles. The molecular formula is C19H15FN4O2. The second-order valence-electron chi connectivity index (χ2n) is 5.56. The number of fused-ring (bicyclic) bond motifs is 1. The van der Waals surface area contributed by atoms with Gasteiger partial charge in [0, 0.05) is 42.0 Å². The van der Waals surface area contributed by atoms with Crippen LogP contribution in [0.25, 0.3) is 16.9 Å². The van der Waals surface area contributed by atoms with Gasteiger partial charge in [-0.05, 0) is 12.1 Å². The van der Waals surface area contributed by atoms with Gasteiger partial charge in [-0.15, -0.1) is 0 Å². The number of ether oxygens (including phenoxy) is 2. The molecule has 0 spiro atoms. The number of hydrogen-bond acceptors (Lipinski definition) is 5. The van der Waals surface area contributed by atoms with Crippen LogP contribution in [0.4, 0.5) is 4.39 Å². The minimum Gasteiger partial charge on any atom is -0.493 e. The van der Waals surface area contributed by atoms with E-state index in [1.54, 1.807) is 35.0 Å². The number of nitrogens with zero attached hydrogens (tertiary/aromatic N) is 4. The quantitative estimate of drug-likeness (QED) is 0.551. The normalized spacial score (nSPS) is 10.8. The number of methoxy groups -OCH3 is 1. The number of hydrogen-bond donors (Lipinski definition) is 0. The van der Waals surface area contributed by atoms with Crippen molar-refractivity contribution >= 4 is 5.78 Å². The topological polar surface area (TPSA) is 61.5 Å². The van der Waals surface area contributed by atoms with Crippen molar-refractivity contribution < 1.29 is 13.9 Å². The molecule has 0 saturated carbocycles. The lowest BCUT2D eigenvalue weighted by Crippen LogP contribution is -1.96. The molecule has 0 radical (unpaired) electrons. The van der Waals surface area contributed by atoms with Gasteiger partial charge in [0.25, 0.3) is 0 Å². The van der Waals surface area contributed by atoms with Crippen LogP contribution >= 0.6 is 0 Å². The molecular weight excluding hydrogens is 335 g/mol. The van der Waals surface area contributed by atoms with E-state index in [1.165, 1.54) is 13.2 Å². The van der Waals surface area contributed by atoms with E-state index in [0.29, 0.717) is 22.9 Å². The van der Waals surface area contributed by atoms with Crippen molar-refractivity contribution in [2.75, 3.05) is 7.11 Å². The van der Waals surface area contributed by atoms with Crippen molar-refractivity contribution in [2.45, 2.75) is 6.61 Å². The molecule has 0 N–H and O–H groups in total. The van der Waals surface area contributed by atoms with Crippen molar-refractivity contribution in [3.05, 3.63) is 72.7 Å². The molecule has 0 bridgehead atoms. The zero-order valence-corrected chi connectivity index (χ0v) is 14.0. The summed E-state index contributed by atoms with van der Waals surface area (Å²) in [4.78, 5) is 12.9. The summed E-state index contributed by atoms with van der Waals surface area (Å²) < 4.78 is 26.5. The zero-order valence-electron chi connectivity index (χ0n) is 14.0. The van der Waals surface area contributed by atoms with Crippen LogP contribution in [0.5, 0.6) is 11.6 Å². The van der Waals surface area contributed by atoms with E-state index in [-0.39, 0.29) is 12.4 Å². The number of aromatic nitrogens is 4. The first-order valence-corrected chi connectivity index (χ1v) is 7.95. The third kappa shape index (κ3) is 3.06. The standard InChI is InChI=1S/C19H15FN4O2/c1-25-18-15(5-4-6-16(18)20)13-9-22-19-23-14(11-24(19)10-13)12-26-17-7-2-3-8-21-17/h2-11H,12H2,1H3. The second-order valence-corrected chi connectivity index (χ2v) is 5.56. The van der Waals surface area contributed by atoms with Crippen molar-refractivity contribution in [2.24, 2.45) is 0 Å². The smallest absolute Gasteiger partial charge is 0.234 e. The minimum absolute atomic E-state index is 0.187. The average molecular weight is 350 g/mol. The Morgan fingerprint density at radius 2 is 2.00 bits per heavy atom. The first-order valence-electron chi connectivity index (χ1n) is 7.95. The molecule has 7 heteroatoms. The van der Waals surface area contributed by atoms with Gasteiger partial charge in [-0.2, -0.15) is 0 Å². The van der Waals surface area contributed by atoms with E-state index >= 15 is 0 Å². The van der Waals surface area contributed by atoms with Crippen LogP contribution in [0.15, 0.2) is 61.2 Å². The van der Waals surface area contributed by atoms with Gasteiger partial charge < -0.3 is 9.47 Å². The highest BCUT2D eigenvalue weighted by Crippen LogP contribution is 2.31. The molecule has 0 unspecified atom stereocenters. The number of para-hydroxylation sites is 1. The SMILES string of the molecule is COc1c(F)cccc1-c1cnc2nc(COc3ccccn3)cn2c1. The summed E-state index contributed by atoms with van der Waals surface area (Å²) in [6, 6.07) is 10.2. The van der Waals surface area contributed by atoms with Gasteiger partial charge in [0.1, 0.15) is 6.61 Å². The lowest BCUT2D eigenvalue weighted by atomic mass is 10.1. The first kappa shape index (κ1) is 16.0. The Bertz CT molecular complexity index is 1050. The van der Waals surface area contributed by atoms with Crippen molar-refractivity contribution in [1.29, 1.82) is 0 Å². The Labute approximate surface area is 148 Å². The number of rotatable bonds is 5. The maximum atomic E-state index is 13.9. The molecule has 1 aromatic carbocycles. The largest absolute Gasteiger partial charge is 0.493 e. The predicted molar refractivity (Wildman–Crippen MR) is 93.5 cm³/mol. The fraction of sp³-hybridized carbons (Fsp3) is 0.105. The van der Waals surface area contributed by atoms with Crippen molar-refractivity contribution in [3.8, 4) is 22.8 Å². The Hall–Kier alpha value is -3.48. The second kappa shape index (κ2) is 6.79. The predicted octanol–water partition coefficient (Wildman–Crippen LogP) is 3.52. The highest BCUT2D eigenvalue weighted by Gasteiger charge is 2.12.